The molecule has 0 radical (unpaired) electrons. The first-order valence-electron chi connectivity index (χ1n) is 6.70. The maximum absolute atomic E-state index is 11.2. The van der Waals surface area contributed by atoms with Crippen molar-refractivity contribution in [2.45, 2.75) is 27.7 Å². The zero-order valence-electron chi connectivity index (χ0n) is 12.8. The highest BCUT2D eigenvalue weighted by molar-refractivity contribution is 7.88. The van der Waals surface area contributed by atoms with Crippen LogP contribution >= 0.6 is 0 Å². The topological polar surface area (TPSA) is 49.9 Å². The molecule has 0 aromatic carbocycles. The zero-order chi connectivity index (χ0) is 14.6. The molecule has 6 heteroatoms. The Bertz CT molecular complexity index is 260. The van der Waals surface area contributed by atoms with Crippen LogP contribution in [0, 0.1) is 0 Å². The van der Waals surface area contributed by atoms with E-state index in [1.54, 1.807) is 7.11 Å². The molecule has 1 rings (SSSR count). The first-order valence-corrected chi connectivity index (χ1v) is 8.55. The lowest BCUT2D eigenvalue weighted by Crippen LogP contribution is -2.48. The Morgan fingerprint density at radius 1 is 1.00 bits per heavy atom. The van der Waals surface area contributed by atoms with Crippen LogP contribution in [0.4, 0.5) is 0 Å². The Hall–Kier alpha value is -0.170. The molecule has 0 bridgehead atoms. The van der Waals surface area contributed by atoms with E-state index in [0.717, 1.165) is 19.6 Å². The molecule has 0 atom stereocenters. The SMILES string of the molecule is CC.CC.COCCN1CCN(S(C)(=O)=O)CC1. The van der Waals surface area contributed by atoms with E-state index in [0.29, 0.717) is 19.7 Å². The molecular weight excluding hydrogens is 252 g/mol. The zero-order valence-corrected chi connectivity index (χ0v) is 13.6. The third-order valence-corrected chi connectivity index (χ3v) is 3.72. The highest BCUT2D eigenvalue weighted by Gasteiger charge is 2.22. The Labute approximate surface area is 113 Å². The van der Waals surface area contributed by atoms with Crippen LogP contribution in [0.2, 0.25) is 0 Å². The molecule has 0 unspecified atom stereocenters. The molecule has 5 nitrogen and oxygen atoms in total. The van der Waals surface area contributed by atoms with E-state index < -0.39 is 10.0 Å². The van der Waals surface area contributed by atoms with Gasteiger partial charge < -0.3 is 4.74 Å². The summed E-state index contributed by atoms with van der Waals surface area (Å²) in [5.41, 5.74) is 0. The smallest absolute Gasteiger partial charge is 0.211 e. The van der Waals surface area contributed by atoms with E-state index >= 15 is 0 Å². The van der Waals surface area contributed by atoms with Crippen LogP contribution in [0.15, 0.2) is 0 Å². The fourth-order valence-electron chi connectivity index (χ4n) is 1.51. The minimum Gasteiger partial charge on any atom is -0.383 e. The standard InChI is InChI=1S/C8H18N2O3S.2C2H6/c1-13-8-7-9-3-5-10(6-4-9)14(2,11)12;2*1-2/h3-8H2,1-2H3;2*1-2H3. The molecule has 0 spiro atoms. The van der Waals surface area contributed by atoms with Crippen LogP contribution in [0.1, 0.15) is 27.7 Å². The number of sulfonamides is 1. The number of rotatable bonds is 4. The minimum absolute atomic E-state index is 0.600. The summed E-state index contributed by atoms with van der Waals surface area (Å²) in [5.74, 6) is 0. The van der Waals surface area contributed by atoms with Crippen molar-refractivity contribution < 1.29 is 13.2 Å². The minimum atomic E-state index is -2.99. The van der Waals surface area contributed by atoms with Crippen LogP contribution in [0.25, 0.3) is 0 Å². The van der Waals surface area contributed by atoms with Crippen molar-refractivity contribution in [3.63, 3.8) is 0 Å². The summed E-state index contributed by atoms with van der Waals surface area (Å²) in [7, 11) is -1.32. The van der Waals surface area contributed by atoms with Gasteiger partial charge in [0.25, 0.3) is 0 Å². The van der Waals surface area contributed by atoms with Crippen molar-refractivity contribution in [3.8, 4) is 0 Å². The fourth-order valence-corrected chi connectivity index (χ4v) is 2.33. The monoisotopic (exact) mass is 282 g/mol. The van der Waals surface area contributed by atoms with Gasteiger partial charge >= 0.3 is 0 Å². The lowest BCUT2D eigenvalue weighted by atomic mass is 10.4. The maximum atomic E-state index is 11.2. The quantitative estimate of drug-likeness (QED) is 0.779. The van der Waals surface area contributed by atoms with Crippen molar-refractivity contribution >= 4 is 10.0 Å². The largest absolute Gasteiger partial charge is 0.383 e. The van der Waals surface area contributed by atoms with E-state index in [9.17, 15) is 8.42 Å². The van der Waals surface area contributed by atoms with Crippen molar-refractivity contribution in [2.24, 2.45) is 0 Å². The fraction of sp³-hybridized carbons (Fsp3) is 1.00. The molecule has 18 heavy (non-hydrogen) atoms. The summed E-state index contributed by atoms with van der Waals surface area (Å²) in [6, 6.07) is 0. The van der Waals surface area contributed by atoms with Crippen LogP contribution < -0.4 is 0 Å². The lowest BCUT2D eigenvalue weighted by Gasteiger charge is -2.32. The van der Waals surface area contributed by atoms with E-state index in [4.69, 9.17) is 4.74 Å². The Morgan fingerprint density at radius 2 is 1.44 bits per heavy atom. The Balaban J connectivity index is 0. The molecule has 0 aliphatic carbocycles. The normalized spacial score (nSPS) is 17.2. The van der Waals surface area contributed by atoms with E-state index in [-0.39, 0.29) is 0 Å². The number of piperazine rings is 1. The van der Waals surface area contributed by atoms with Gasteiger partial charge in [0.1, 0.15) is 0 Å². The van der Waals surface area contributed by atoms with Gasteiger partial charge in [-0.1, -0.05) is 27.7 Å². The molecule has 1 aliphatic rings. The van der Waals surface area contributed by atoms with E-state index in [1.807, 2.05) is 27.7 Å². The van der Waals surface area contributed by atoms with Gasteiger partial charge in [-0.2, -0.15) is 4.31 Å². The van der Waals surface area contributed by atoms with Gasteiger partial charge in [-0.15, -0.1) is 0 Å². The molecular formula is C12H30N2O3S. The summed E-state index contributed by atoms with van der Waals surface area (Å²) in [6.45, 7) is 12.4. The van der Waals surface area contributed by atoms with Gasteiger partial charge in [0.2, 0.25) is 10.0 Å². The molecule has 1 fully saturated rings. The molecule has 0 amide bonds. The molecule has 1 aliphatic heterocycles. The third kappa shape index (κ3) is 8.85. The third-order valence-electron chi connectivity index (χ3n) is 2.41. The first kappa shape index (κ1) is 20.2. The summed E-state index contributed by atoms with van der Waals surface area (Å²) >= 11 is 0. The average Bonchev–Trinajstić information content (AvgIpc) is 2.40. The molecule has 0 aromatic heterocycles. The lowest BCUT2D eigenvalue weighted by molar-refractivity contribution is 0.123. The van der Waals surface area contributed by atoms with Crippen molar-refractivity contribution in [1.29, 1.82) is 0 Å². The highest BCUT2D eigenvalue weighted by Crippen LogP contribution is 2.05. The second kappa shape index (κ2) is 11.9. The maximum Gasteiger partial charge on any atom is 0.211 e. The van der Waals surface area contributed by atoms with Gasteiger partial charge in [0.15, 0.2) is 0 Å². The second-order valence-electron chi connectivity index (χ2n) is 3.50. The number of ether oxygens (including phenoxy) is 1. The van der Waals surface area contributed by atoms with Crippen LogP contribution in [0.3, 0.4) is 0 Å². The van der Waals surface area contributed by atoms with Crippen molar-refractivity contribution in [2.75, 3.05) is 52.7 Å². The Morgan fingerprint density at radius 3 is 1.78 bits per heavy atom. The number of nitrogens with zero attached hydrogens (tertiary/aromatic N) is 2. The summed E-state index contributed by atoms with van der Waals surface area (Å²) in [4.78, 5) is 2.21. The molecule has 112 valence electrons. The van der Waals surface area contributed by atoms with Crippen LogP contribution in [-0.2, 0) is 14.8 Å². The molecule has 0 saturated carbocycles. The Kier molecular flexibility index (Phi) is 13.3. The van der Waals surface area contributed by atoms with Crippen molar-refractivity contribution in [3.05, 3.63) is 0 Å². The summed E-state index contributed by atoms with van der Waals surface area (Å²) < 4.78 is 28.9. The van der Waals surface area contributed by atoms with E-state index in [1.165, 1.54) is 10.6 Å². The van der Waals surface area contributed by atoms with Gasteiger partial charge in [-0.05, 0) is 0 Å². The molecule has 1 saturated heterocycles. The molecule has 0 N–H and O–H groups in total. The van der Waals surface area contributed by atoms with Gasteiger partial charge in [0, 0.05) is 39.8 Å². The number of methoxy groups -OCH3 is 1. The summed E-state index contributed by atoms with van der Waals surface area (Å²) in [5, 5.41) is 0. The predicted octanol–water partition coefficient (Wildman–Crippen LogP) is 1.26. The van der Waals surface area contributed by atoms with Crippen molar-refractivity contribution in [1.82, 2.24) is 9.21 Å². The van der Waals surface area contributed by atoms with E-state index in [2.05, 4.69) is 4.90 Å². The number of hydrogen-bond donors (Lipinski definition) is 0. The number of hydrogen-bond acceptors (Lipinski definition) is 4. The average molecular weight is 282 g/mol. The van der Waals surface area contributed by atoms with Gasteiger partial charge in [-0.25, -0.2) is 8.42 Å². The van der Waals surface area contributed by atoms with Gasteiger partial charge in [-0.3, -0.25) is 4.90 Å². The van der Waals surface area contributed by atoms with Crippen LogP contribution in [-0.4, -0.2) is 70.3 Å². The second-order valence-corrected chi connectivity index (χ2v) is 5.48. The predicted molar refractivity (Wildman–Crippen MR) is 77.4 cm³/mol. The first-order chi connectivity index (χ1) is 8.54. The molecule has 1 heterocycles. The van der Waals surface area contributed by atoms with Gasteiger partial charge in [0.05, 0.1) is 12.9 Å². The summed E-state index contributed by atoms with van der Waals surface area (Å²) in [6.07, 6.45) is 1.26. The molecule has 0 aromatic rings. The highest BCUT2D eigenvalue weighted by atomic mass is 32.2. The van der Waals surface area contributed by atoms with Crippen LogP contribution in [0.5, 0.6) is 0 Å².